The van der Waals surface area contributed by atoms with Crippen molar-refractivity contribution in [2.75, 3.05) is 13.1 Å². The van der Waals surface area contributed by atoms with Crippen molar-refractivity contribution in [3.05, 3.63) is 0 Å². The fourth-order valence-electron chi connectivity index (χ4n) is 0.947. The minimum absolute atomic E-state index is 0.354. The minimum Gasteiger partial charge on any atom is -0.479 e. The molecule has 0 fully saturated rings. The van der Waals surface area contributed by atoms with E-state index in [2.05, 4.69) is 5.32 Å². The van der Waals surface area contributed by atoms with Crippen LogP contribution < -0.4 is 10.6 Å². The van der Waals surface area contributed by atoms with Gasteiger partial charge >= 0.3 is 12.1 Å². The predicted molar refractivity (Wildman–Crippen MR) is 53.4 cm³/mol. The number of amides is 1. The number of halogens is 3. The van der Waals surface area contributed by atoms with Crippen LogP contribution in [0.3, 0.4) is 0 Å². The summed E-state index contributed by atoms with van der Waals surface area (Å²) in [6.07, 6.45) is -4.35. The lowest BCUT2D eigenvalue weighted by Gasteiger charge is -2.28. The Morgan fingerprint density at radius 2 is 1.82 bits per heavy atom. The van der Waals surface area contributed by atoms with Crippen LogP contribution >= 0.6 is 0 Å². The van der Waals surface area contributed by atoms with Crippen molar-refractivity contribution in [3.63, 3.8) is 0 Å². The Morgan fingerprint density at radius 3 is 2.18 bits per heavy atom. The third kappa shape index (κ3) is 4.22. The minimum atomic E-state index is -5.06. The third-order valence-corrected chi connectivity index (χ3v) is 2.10. The average molecular weight is 256 g/mol. The van der Waals surface area contributed by atoms with Gasteiger partial charge in [0.25, 0.3) is 0 Å². The first kappa shape index (κ1) is 15.7. The van der Waals surface area contributed by atoms with Crippen LogP contribution in [0.4, 0.5) is 13.2 Å². The van der Waals surface area contributed by atoms with Crippen LogP contribution in [0.5, 0.6) is 0 Å². The second-order valence-electron chi connectivity index (χ2n) is 3.65. The van der Waals surface area contributed by atoms with E-state index in [0.717, 1.165) is 0 Å². The van der Waals surface area contributed by atoms with E-state index in [-0.39, 0.29) is 6.54 Å². The van der Waals surface area contributed by atoms with E-state index in [0.29, 0.717) is 19.9 Å². The van der Waals surface area contributed by atoms with Gasteiger partial charge < -0.3 is 15.7 Å². The Hall–Kier alpha value is -1.31. The van der Waals surface area contributed by atoms with E-state index < -0.39 is 23.6 Å². The van der Waals surface area contributed by atoms with Crippen LogP contribution in [0, 0.1) is 0 Å². The molecule has 0 radical (unpaired) electrons. The molecule has 0 saturated heterocycles. The number of carboxylic acids is 1. The van der Waals surface area contributed by atoms with Gasteiger partial charge in [-0.3, -0.25) is 4.79 Å². The number of hydrogen-bond donors (Lipinski definition) is 3. The van der Waals surface area contributed by atoms with Crippen LogP contribution in [0.25, 0.3) is 0 Å². The van der Waals surface area contributed by atoms with E-state index in [1.807, 2.05) is 6.92 Å². The molecule has 0 spiro atoms. The van der Waals surface area contributed by atoms with Crippen molar-refractivity contribution < 1.29 is 27.9 Å². The number of hydrogen-bond acceptors (Lipinski definition) is 3. The van der Waals surface area contributed by atoms with Crippen molar-refractivity contribution in [3.8, 4) is 0 Å². The molecule has 0 bridgehead atoms. The van der Waals surface area contributed by atoms with Gasteiger partial charge in [0.15, 0.2) is 0 Å². The Balaban J connectivity index is 4.58. The summed E-state index contributed by atoms with van der Waals surface area (Å²) in [5.74, 6) is -3.16. The van der Waals surface area contributed by atoms with Crippen LogP contribution in [0.15, 0.2) is 0 Å². The van der Waals surface area contributed by atoms with Gasteiger partial charge in [0.2, 0.25) is 11.4 Å². The van der Waals surface area contributed by atoms with Crippen molar-refractivity contribution >= 4 is 11.9 Å². The lowest BCUT2D eigenvalue weighted by molar-refractivity contribution is -0.206. The van der Waals surface area contributed by atoms with Crippen LogP contribution in [-0.4, -0.2) is 41.8 Å². The second kappa shape index (κ2) is 5.85. The second-order valence-corrected chi connectivity index (χ2v) is 3.65. The molecule has 3 N–H and O–H groups in total. The molecule has 1 amide bonds. The highest BCUT2D eigenvalue weighted by atomic mass is 19.4. The fourth-order valence-corrected chi connectivity index (χ4v) is 0.947. The first-order valence-corrected chi connectivity index (χ1v) is 4.97. The summed E-state index contributed by atoms with van der Waals surface area (Å²) in [5, 5.41) is 12.6. The monoisotopic (exact) mass is 256 g/mol. The van der Waals surface area contributed by atoms with Gasteiger partial charge in [-0.2, -0.15) is 13.2 Å². The number of carbonyl (C=O) groups is 2. The molecule has 0 aliphatic rings. The number of rotatable bonds is 6. The molecule has 0 aliphatic carbocycles. The van der Waals surface area contributed by atoms with Gasteiger partial charge in [-0.1, -0.05) is 6.92 Å². The molecule has 0 saturated carbocycles. The fraction of sp³-hybridized carbons (Fsp3) is 0.778. The third-order valence-electron chi connectivity index (χ3n) is 2.10. The molecular formula is C9H15F3N2O3. The molecule has 1 atom stereocenters. The number of carboxylic acid groups (broad SMARTS) is 1. The molecule has 0 heterocycles. The van der Waals surface area contributed by atoms with Gasteiger partial charge in [-0.15, -0.1) is 0 Å². The Kier molecular flexibility index (Phi) is 5.40. The molecule has 17 heavy (non-hydrogen) atoms. The highest BCUT2D eigenvalue weighted by molar-refractivity contribution is 5.88. The van der Waals surface area contributed by atoms with E-state index in [9.17, 15) is 22.8 Å². The summed E-state index contributed by atoms with van der Waals surface area (Å²) in [4.78, 5) is 21.7. The number of aliphatic carboxylic acids is 1. The predicted octanol–water partition coefficient (Wildman–Crippen LogP) is 0.508. The standard InChI is InChI=1S/C9H15F3N2O3/c1-3-4-13-5-6(15)14-8(2,7(16)17)9(10,11)12/h13H,3-5H2,1-2H3,(H,14,15)(H,16,17). The molecule has 0 aromatic carbocycles. The Labute approximate surface area is 96.4 Å². The summed E-state index contributed by atoms with van der Waals surface area (Å²) >= 11 is 0. The summed E-state index contributed by atoms with van der Waals surface area (Å²) in [6, 6.07) is 0. The molecule has 0 aromatic rings. The molecular weight excluding hydrogens is 241 g/mol. The molecule has 5 nitrogen and oxygen atoms in total. The maximum Gasteiger partial charge on any atom is 0.422 e. The van der Waals surface area contributed by atoms with E-state index >= 15 is 0 Å². The summed E-state index contributed by atoms with van der Waals surface area (Å²) in [6.45, 7) is 2.34. The molecule has 0 aliphatic heterocycles. The lowest BCUT2D eigenvalue weighted by Crippen LogP contribution is -2.63. The maximum absolute atomic E-state index is 12.5. The van der Waals surface area contributed by atoms with E-state index in [1.165, 1.54) is 5.32 Å². The first-order chi connectivity index (χ1) is 7.65. The average Bonchev–Trinajstić information content (AvgIpc) is 2.15. The molecule has 100 valence electrons. The maximum atomic E-state index is 12.5. The van der Waals surface area contributed by atoms with Crippen molar-refractivity contribution in [1.82, 2.24) is 10.6 Å². The summed E-state index contributed by atoms with van der Waals surface area (Å²) in [7, 11) is 0. The van der Waals surface area contributed by atoms with Gasteiger partial charge in [0.1, 0.15) is 0 Å². The molecule has 1 unspecified atom stereocenters. The number of alkyl halides is 3. The van der Waals surface area contributed by atoms with Crippen molar-refractivity contribution in [2.45, 2.75) is 32.0 Å². The van der Waals surface area contributed by atoms with Gasteiger partial charge in [-0.25, -0.2) is 4.79 Å². The van der Waals surface area contributed by atoms with Crippen LogP contribution in [-0.2, 0) is 9.59 Å². The first-order valence-electron chi connectivity index (χ1n) is 4.97. The van der Waals surface area contributed by atoms with E-state index in [4.69, 9.17) is 5.11 Å². The largest absolute Gasteiger partial charge is 0.479 e. The number of carbonyl (C=O) groups excluding carboxylic acids is 1. The zero-order valence-electron chi connectivity index (χ0n) is 9.52. The van der Waals surface area contributed by atoms with Crippen molar-refractivity contribution in [1.29, 1.82) is 0 Å². The molecule has 8 heteroatoms. The topological polar surface area (TPSA) is 78.4 Å². The zero-order valence-corrected chi connectivity index (χ0v) is 9.52. The highest BCUT2D eigenvalue weighted by Crippen LogP contribution is 2.30. The number of nitrogens with one attached hydrogen (secondary N) is 2. The van der Waals surface area contributed by atoms with Gasteiger partial charge in [-0.05, 0) is 19.9 Å². The zero-order chi connectivity index (χ0) is 13.7. The lowest BCUT2D eigenvalue weighted by atomic mass is 10.0. The Bertz CT molecular complexity index is 294. The molecule has 0 rings (SSSR count). The molecule has 0 aromatic heterocycles. The van der Waals surface area contributed by atoms with Crippen molar-refractivity contribution in [2.24, 2.45) is 0 Å². The van der Waals surface area contributed by atoms with Gasteiger partial charge in [0, 0.05) is 0 Å². The van der Waals surface area contributed by atoms with E-state index in [1.54, 1.807) is 0 Å². The summed E-state index contributed by atoms with van der Waals surface area (Å²) < 4.78 is 37.5. The van der Waals surface area contributed by atoms with Crippen LogP contribution in [0.1, 0.15) is 20.3 Å². The van der Waals surface area contributed by atoms with Gasteiger partial charge in [0.05, 0.1) is 6.54 Å². The van der Waals surface area contributed by atoms with Crippen LogP contribution in [0.2, 0.25) is 0 Å². The normalized spacial score (nSPS) is 15.1. The highest BCUT2D eigenvalue weighted by Gasteiger charge is 2.58. The Morgan fingerprint density at radius 1 is 1.29 bits per heavy atom. The smallest absolute Gasteiger partial charge is 0.422 e. The summed E-state index contributed by atoms with van der Waals surface area (Å²) in [5.41, 5.74) is -3.27. The SMILES string of the molecule is CCCNCC(=O)NC(C)(C(=O)O)C(F)(F)F. The quantitative estimate of drug-likeness (QED) is 0.605.